The number of anilines is 5. The summed E-state index contributed by atoms with van der Waals surface area (Å²) in [4.78, 5) is 27.7. The van der Waals surface area contributed by atoms with Gasteiger partial charge in [-0.2, -0.15) is 0 Å². The molecule has 0 aliphatic heterocycles. The summed E-state index contributed by atoms with van der Waals surface area (Å²) >= 11 is 9.06. The third-order valence-corrected chi connectivity index (χ3v) is 6.29. The first-order chi connectivity index (χ1) is 15.9. The van der Waals surface area contributed by atoms with Gasteiger partial charge in [0.2, 0.25) is 0 Å². The number of benzene rings is 4. The van der Waals surface area contributed by atoms with E-state index in [2.05, 4.69) is 35.9 Å². The molecule has 5 rings (SSSR count). The van der Waals surface area contributed by atoms with Gasteiger partial charge in [-0.1, -0.05) is 42.5 Å². The third kappa shape index (κ3) is 3.75. The predicted octanol–water partition coefficient (Wildman–Crippen LogP) is 6.11. The van der Waals surface area contributed by atoms with Crippen molar-refractivity contribution in [3.05, 3.63) is 101 Å². The molecular weight excluding hydrogens is 450 g/mol. The molecule has 0 spiro atoms. The van der Waals surface area contributed by atoms with E-state index < -0.39 is 0 Å². The molecule has 0 unspecified atom stereocenters. The van der Waals surface area contributed by atoms with Crippen molar-refractivity contribution in [2.45, 2.75) is 9.79 Å². The zero-order valence-corrected chi connectivity index (χ0v) is 19.1. The van der Waals surface area contributed by atoms with Crippen molar-refractivity contribution in [1.29, 1.82) is 0 Å². The molecule has 0 amide bonds. The van der Waals surface area contributed by atoms with Crippen LogP contribution in [-0.2, 0) is 0 Å². The Labute approximate surface area is 201 Å². The number of hydrogen-bond acceptors (Lipinski definition) is 7. The lowest BCUT2D eigenvalue weighted by Crippen LogP contribution is -2.24. The van der Waals surface area contributed by atoms with Gasteiger partial charge in [-0.3, -0.25) is 9.59 Å². The lowest BCUT2D eigenvalue weighted by atomic mass is 9.82. The van der Waals surface area contributed by atoms with Crippen molar-refractivity contribution < 1.29 is 9.59 Å². The first-order valence-electron chi connectivity index (χ1n) is 10.2. The maximum atomic E-state index is 13.4. The van der Waals surface area contributed by atoms with Crippen LogP contribution in [0.25, 0.3) is 0 Å². The van der Waals surface area contributed by atoms with E-state index in [0.29, 0.717) is 32.3 Å². The fraction of sp³-hybridized carbons (Fsp3) is 0. The molecular formula is C26H19N3O2S2. The molecule has 4 aromatic carbocycles. The smallest absolute Gasteiger partial charge is 0.196 e. The second kappa shape index (κ2) is 8.35. The van der Waals surface area contributed by atoms with Gasteiger partial charge in [0, 0.05) is 32.3 Å². The summed E-state index contributed by atoms with van der Waals surface area (Å²) < 4.78 is 0. The third-order valence-electron chi connectivity index (χ3n) is 5.55. The van der Waals surface area contributed by atoms with E-state index in [4.69, 9.17) is 5.73 Å². The summed E-state index contributed by atoms with van der Waals surface area (Å²) in [5, 5.41) is 6.58. The summed E-state index contributed by atoms with van der Waals surface area (Å²) in [7, 11) is 0. The monoisotopic (exact) mass is 469 g/mol. The average molecular weight is 470 g/mol. The summed E-state index contributed by atoms with van der Waals surface area (Å²) in [6.45, 7) is 0. The summed E-state index contributed by atoms with van der Waals surface area (Å²) in [5.41, 5.74) is 10.5. The van der Waals surface area contributed by atoms with Crippen molar-refractivity contribution in [3.8, 4) is 0 Å². The Hall–Kier alpha value is -3.68. The highest BCUT2D eigenvalue weighted by atomic mass is 32.1. The quantitative estimate of drug-likeness (QED) is 0.162. The Bertz CT molecular complexity index is 1440. The number of hydrogen-bond donors (Lipinski definition) is 5. The topological polar surface area (TPSA) is 84.2 Å². The van der Waals surface area contributed by atoms with Gasteiger partial charge in [0.25, 0.3) is 0 Å². The van der Waals surface area contributed by atoms with Gasteiger partial charge in [-0.25, -0.2) is 0 Å². The molecule has 0 atom stereocenters. The number of rotatable bonds is 4. The van der Waals surface area contributed by atoms with Gasteiger partial charge in [-0.05, 0) is 36.4 Å². The normalized spacial score (nSPS) is 12.2. The molecule has 0 bridgehead atoms. The number of fused-ring (bicyclic) bond motifs is 2. The average Bonchev–Trinajstić information content (AvgIpc) is 2.82. The minimum atomic E-state index is -0.283. The van der Waals surface area contributed by atoms with Gasteiger partial charge in [0.05, 0.1) is 28.2 Å². The van der Waals surface area contributed by atoms with Crippen molar-refractivity contribution in [1.82, 2.24) is 0 Å². The molecule has 4 aromatic rings. The molecule has 0 radical (unpaired) electrons. The van der Waals surface area contributed by atoms with E-state index in [1.54, 1.807) is 30.3 Å². The second-order valence-electron chi connectivity index (χ2n) is 7.66. The van der Waals surface area contributed by atoms with Crippen molar-refractivity contribution >= 4 is 65.3 Å². The number of thiol groups is 2. The Kier molecular flexibility index (Phi) is 5.36. The highest BCUT2D eigenvalue weighted by Gasteiger charge is 2.34. The standard InChI is InChI=1S/C26H19N3O2S2/c27-24-21(33)13-19(22-23(24)26(31)17-9-5-4-8-16(17)25(22)30)29-15-10-11-18(20(32)12-15)28-14-6-2-1-3-7-14/h1-13,28-29,32-33H,27H2. The number of nitrogens with one attached hydrogen (secondary N) is 2. The maximum absolute atomic E-state index is 13.4. The lowest BCUT2D eigenvalue weighted by molar-refractivity contribution is 0.0980. The van der Waals surface area contributed by atoms with Crippen LogP contribution in [0.4, 0.5) is 28.4 Å². The van der Waals surface area contributed by atoms with Crippen LogP contribution in [0.3, 0.4) is 0 Å². The van der Waals surface area contributed by atoms with Crippen molar-refractivity contribution in [2.75, 3.05) is 16.4 Å². The SMILES string of the molecule is Nc1c(S)cc(Nc2ccc(Nc3ccccc3)c(S)c2)c2c1C(=O)c1ccccc1C2=O. The van der Waals surface area contributed by atoms with Crippen LogP contribution in [0.1, 0.15) is 31.8 Å². The molecule has 5 nitrogen and oxygen atoms in total. The molecule has 0 saturated heterocycles. The van der Waals surface area contributed by atoms with E-state index in [0.717, 1.165) is 11.4 Å². The lowest BCUT2D eigenvalue weighted by Gasteiger charge is -2.23. The van der Waals surface area contributed by atoms with E-state index in [1.165, 1.54) is 0 Å². The Balaban J connectivity index is 1.54. The van der Waals surface area contributed by atoms with Crippen molar-refractivity contribution in [2.24, 2.45) is 0 Å². The Morgan fingerprint density at radius 2 is 1.21 bits per heavy atom. The summed E-state index contributed by atoms with van der Waals surface area (Å²) in [6.07, 6.45) is 0. The van der Waals surface area contributed by atoms with Crippen LogP contribution in [0, 0.1) is 0 Å². The fourth-order valence-corrected chi connectivity index (χ4v) is 4.46. The van der Waals surface area contributed by atoms with Crippen LogP contribution in [0.2, 0.25) is 0 Å². The number of para-hydroxylation sites is 1. The number of nitrogens with two attached hydrogens (primary N) is 1. The van der Waals surface area contributed by atoms with Crippen LogP contribution in [0.5, 0.6) is 0 Å². The van der Waals surface area contributed by atoms with Crippen molar-refractivity contribution in [3.63, 3.8) is 0 Å². The number of nitrogen functional groups attached to an aromatic ring is 1. The molecule has 0 saturated carbocycles. The summed E-state index contributed by atoms with van der Waals surface area (Å²) in [5.74, 6) is -0.537. The zero-order valence-electron chi connectivity index (χ0n) is 17.3. The van der Waals surface area contributed by atoms with E-state index in [9.17, 15) is 9.59 Å². The fourth-order valence-electron chi connectivity index (χ4n) is 3.95. The van der Waals surface area contributed by atoms with Gasteiger partial charge in [0.15, 0.2) is 11.6 Å². The minimum absolute atomic E-state index is 0.183. The Morgan fingerprint density at radius 3 is 1.88 bits per heavy atom. The van der Waals surface area contributed by atoms with E-state index in [1.807, 2.05) is 48.5 Å². The molecule has 0 heterocycles. The molecule has 4 N–H and O–H groups in total. The molecule has 33 heavy (non-hydrogen) atoms. The minimum Gasteiger partial charge on any atom is -0.397 e. The molecule has 1 aliphatic rings. The highest BCUT2D eigenvalue weighted by molar-refractivity contribution is 7.80. The Morgan fingerprint density at radius 1 is 0.606 bits per heavy atom. The highest BCUT2D eigenvalue weighted by Crippen LogP contribution is 2.40. The van der Waals surface area contributed by atoms with Gasteiger partial charge >= 0.3 is 0 Å². The van der Waals surface area contributed by atoms with Gasteiger partial charge in [-0.15, -0.1) is 25.3 Å². The number of ketones is 2. The second-order valence-corrected chi connectivity index (χ2v) is 8.62. The van der Waals surface area contributed by atoms with Crippen LogP contribution in [-0.4, -0.2) is 11.6 Å². The molecule has 162 valence electrons. The van der Waals surface area contributed by atoms with Crippen LogP contribution < -0.4 is 16.4 Å². The van der Waals surface area contributed by atoms with E-state index in [-0.39, 0.29) is 28.4 Å². The van der Waals surface area contributed by atoms with E-state index >= 15 is 0 Å². The predicted molar refractivity (Wildman–Crippen MR) is 138 cm³/mol. The van der Waals surface area contributed by atoms with Crippen LogP contribution >= 0.6 is 25.3 Å². The first kappa shape index (κ1) is 21.2. The van der Waals surface area contributed by atoms with Crippen LogP contribution in [0.15, 0.2) is 88.7 Å². The number of carbonyl (C=O) groups excluding carboxylic acids is 2. The molecule has 0 aromatic heterocycles. The molecule has 1 aliphatic carbocycles. The first-order valence-corrected chi connectivity index (χ1v) is 11.1. The molecule has 0 fully saturated rings. The maximum Gasteiger partial charge on any atom is 0.196 e. The largest absolute Gasteiger partial charge is 0.397 e. The van der Waals surface area contributed by atoms with Gasteiger partial charge in [0.1, 0.15) is 0 Å². The zero-order chi connectivity index (χ0) is 23.1. The summed E-state index contributed by atoms with van der Waals surface area (Å²) in [6, 6.07) is 23.8. The van der Waals surface area contributed by atoms with Gasteiger partial charge < -0.3 is 16.4 Å². The number of carbonyl (C=O) groups is 2. The molecule has 7 heteroatoms.